The molecule has 0 fully saturated rings. The first-order chi connectivity index (χ1) is 7.58. The minimum atomic E-state index is -1.32. The average molecular weight is 241 g/mol. The molecule has 0 saturated heterocycles. The van der Waals surface area contributed by atoms with E-state index >= 15 is 0 Å². The lowest BCUT2D eigenvalue weighted by Gasteiger charge is -2.03. The Morgan fingerprint density at radius 3 is 2.81 bits per heavy atom. The maximum Gasteiger partial charge on any atom is 0.338 e. The predicted octanol–water partition coefficient (Wildman–Crippen LogP) is 2.36. The van der Waals surface area contributed by atoms with E-state index in [0.717, 1.165) is 6.07 Å². The fourth-order valence-electron chi connectivity index (χ4n) is 1.26. The summed E-state index contributed by atoms with van der Waals surface area (Å²) in [4.78, 5) is 10.7. The van der Waals surface area contributed by atoms with E-state index in [4.69, 9.17) is 16.7 Å². The number of hydrogen-bond donors (Lipinski definition) is 1. The number of aromatic nitrogens is 2. The average Bonchev–Trinajstić information content (AvgIpc) is 2.65. The van der Waals surface area contributed by atoms with Crippen molar-refractivity contribution in [1.82, 2.24) is 9.78 Å². The van der Waals surface area contributed by atoms with Crippen LogP contribution in [0.15, 0.2) is 30.6 Å². The second kappa shape index (κ2) is 3.94. The molecule has 0 radical (unpaired) electrons. The first kappa shape index (κ1) is 10.6. The van der Waals surface area contributed by atoms with Crippen molar-refractivity contribution in [1.29, 1.82) is 0 Å². The largest absolute Gasteiger partial charge is 0.478 e. The third-order valence-corrected chi connectivity index (χ3v) is 2.19. The third kappa shape index (κ3) is 1.90. The zero-order valence-electron chi connectivity index (χ0n) is 7.89. The van der Waals surface area contributed by atoms with Crippen LogP contribution in [0.3, 0.4) is 0 Å². The maximum absolute atomic E-state index is 13.1. The Labute approximate surface area is 94.9 Å². The number of nitrogens with zero attached hydrogens (tertiary/aromatic N) is 2. The van der Waals surface area contributed by atoms with Crippen LogP contribution < -0.4 is 0 Å². The lowest BCUT2D eigenvalue weighted by molar-refractivity contribution is 0.0692. The van der Waals surface area contributed by atoms with Crippen LogP contribution in [-0.4, -0.2) is 20.9 Å². The van der Waals surface area contributed by atoms with Gasteiger partial charge in [-0.05, 0) is 18.2 Å². The van der Waals surface area contributed by atoms with Crippen molar-refractivity contribution in [3.63, 3.8) is 0 Å². The van der Waals surface area contributed by atoms with Crippen LogP contribution in [0, 0.1) is 5.82 Å². The van der Waals surface area contributed by atoms with Gasteiger partial charge in [-0.2, -0.15) is 5.10 Å². The van der Waals surface area contributed by atoms with Crippen molar-refractivity contribution in [2.24, 2.45) is 0 Å². The molecular formula is C10H6ClFN2O2. The molecule has 1 aromatic carbocycles. The molecule has 1 aromatic heterocycles. The normalized spacial score (nSPS) is 10.4. The predicted molar refractivity (Wildman–Crippen MR) is 55.5 cm³/mol. The molecule has 0 aliphatic carbocycles. The molecule has 0 atom stereocenters. The van der Waals surface area contributed by atoms with E-state index in [9.17, 15) is 9.18 Å². The molecule has 0 spiro atoms. The van der Waals surface area contributed by atoms with Gasteiger partial charge in [0.05, 0.1) is 22.5 Å². The highest BCUT2D eigenvalue weighted by atomic mass is 35.5. The van der Waals surface area contributed by atoms with Crippen LogP contribution in [0.2, 0.25) is 5.02 Å². The van der Waals surface area contributed by atoms with Gasteiger partial charge in [-0.25, -0.2) is 13.9 Å². The standard InChI is InChI=1S/C10H6ClFN2O2/c11-6-4-13-14(5-6)7-1-2-9(12)8(3-7)10(15)16/h1-5H,(H,15,16). The van der Waals surface area contributed by atoms with Crippen molar-refractivity contribution in [3.05, 3.63) is 47.0 Å². The van der Waals surface area contributed by atoms with Gasteiger partial charge < -0.3 is 5.11 Å². The van der Waals surface area contributed by atoms with Gasteiger partial charge in [0.25, 0.3) is 0 Å². The van der Waals surface area contributed by atoms with Crippen LogP contribution in [0.4, 0.5) is 4.39 Å². The summed E-state index contributed by atoms with van der Waals surface area (Å²) in [5.41, 5.74) is 0.0369. The molecule has 2 rings (SSSR count). The fourth-order valence-corrected chi connectivity index (χ4v) is 1.40. The molecule has 4 nitrogen and oxygen atoms in total. The molecule has 0 aliphatic heterocycles. The van der Waals surface area contributed by atoms with Gasteiger partial charge in [0.2, 0.25) is 0 Å². The van der Waals surface area contributed by atoms with E-state index in [-0.39, 0.29) is 0 Å². The molecule has 1 heterocycles. The Bertz CT molecular complexity index is 554. The molecule has 0 aliphatic rings. The van der Waals surface area contributed by atoms with Gasteiger partial charge in [-0.15, -0.1) is 0 Å². The summed E-state index contributed by atoms with van der Waals surface area (Å²) in [6.07, 6.45) is 2.91. The zero-order valence-corrected chi connectivity index (χ0v) is 8.65. The summed E-state index contributed by atoms with van der Waals surface area (Å²) in [6, 6.07) is 3.69. The molecule has 0 amide bonds. The number of carbonyl (C=O) groups is 1. The monoisotopic (exact) mass is 240 g/mol. The molecule has 0 bridgehead atoms. The van der Waals surface area contributed by atoms with E-state index in [0.29, 0.717) is 10.7 Å². The van der Waals surface area contributed by atoms with Gasteiger partial charge in [-0.1, -0.05) is 11.6 Å². The number of benzene rings is 1. The van der Waals surface area contributed by atoms with E-state index < -0.39 is 17.3 Å². The first-order valence-corrected chi connectivity index (χ1v) is 4.69. The first-order valence-electron chi connectivity index (χ1n) is 4.31. The fraction of sp³-hybridized carbons (Fsp3) is 0. The molecule has 82 valence electrons. The van der Waals surface area contributed by atoms with Gasteiger partial charge in [0.1, 0.15) is 5.82 Å². The van der Waals surface area contributed by atoms with Crippen molar-refractivity contribution < 1.29 is 14.3 Å². The topological polar surface area (TPSA) is 55.1 Å². The molecule has 6 heteroatoms. The Hall–Kier alpha value is -1.88. The Morgan fingerprint density at radius 2 is 2.25 bits per heavy atom. The van der Waals surface area contributed by atoms with Gasteiger partial charge in [0, 0.05) is 6.20 Å². The zero-order chi connectivity index (χ0) is 11.7. The summed E-state index contributed by atoms with van der Waals surface area (Å²) >= 11 is 5.67. The summed E-state index contributed by atoms with van der Waals surface area (Å²) in [5.74, 6) is -2.10. The van der Waals surface area contributed by atoms with E-state index in [2.05, 4.69) is 5.10 Å². The number of rotatable bonds is 2. The SMILES string of the molecule is O=C(O)c1cc(-n2cc(Cl)cn2)ccc1F. The second-order valence-corrected chi connectivity index (χ2v) is 3.51. The van der Waals surface area contributed by atoms with Crippen molar-refractivity contribution in [2.75, 3.05) is 0 Å². The molecule has 16 heavy (non-hydrogen) atoms. The van der Waals surface area contributed by atoms with Crippen LogP contribution in [0.5, 0.6) is 0 Å². The summed E-state index contributed by atoms with van der Waals surface area (Å²) in [5, 5.41) is 13.0. The Morgan fingerprint density at radius 1 is 1.50 bits per heavy atom. The van der Waals surface area contributed by atoms with E-state index in [1.54, 1.807) is 0 Å². The number of carboxylic acids is 1. The Balaban J connectivity index is 2.51. The van der Waals surface area contributed by atoms with Gasteiger partial charge >= 0.3 is 5.97 Å². The summed E-state index contributed by atoms with van der Waals surface area (Å²) in [7, 11) is 0. The third-order valence-electron chi connectivity index (χ3n) is 2.00. The van der Waals surface area contributed by atoms with E-state index in [1.165, 1.54) is 29.2 Å². The summed E-state index contributed by atoms with van der Waals surface area (Å²) < 4.78 is 14.5. The van der Waals surface area contributed by atoms with Crippen molar-refractivity contribution in [2.45, 2.75) is 0 Å². The van der Waals surface area contributed by atoms with Gasteiger partial charge in [-0.3, -0.25) is 0 Å². The molecule has 2 aromatic rings. The number of aromatic carboxylic acids is 1. The molecule has 0 saturated carbocycles. The number of halogens is 2. The summed E-state index contributed by atoms with van der Waals surface area (Å²) in [6.45, 7) is 0. The maximum atomic E-state index is 13.1. The van der Waals surface area contributed by atoms with Crippen molar-refractivity contribution in [3.8, 4) is 5.69 Å². The smallest absolute Gasteiger partial charge is 0.338 e. The van der Waals surface area contributed by atoms with Crippen LogP contribution >= 0.6 is 11.6 Å². The highest BCUT2D eigenvalue weighted by Crippen LogP contribution is 2.16. The highest BCUT2D eigenvalue weighted by molar-refractivity contribution is 6.30. The minimum absolute atomic E-state index is 0.399. The number of carboxylic acid groups (broad SMARTS) is 1. The van der Waals surface area contributed by atoms with Crippen LogP contribution in [-0.2, 0) is 0 Å². The second-order valence-electron chi connectivity index (χ2n) is 3.07. The highest BCUT2D eigenvalue weighted by Gasteiger charge is 2.11. The quantitative estimate of drug-likeness (QED) is 0.877. The number of hydrogen-bond acceptors (Lipinski definition) is 2. The van der Waals surface area contributed by atoms with Crippen LogP contribution in [0.1, 0.15) is 10.4 Å². The molecule has 0 unspecified atom stereocenters. The molecule has 1 N–H and O–H groups in total. The molecular weight excluding hydrogens is 235 g/mol. The minimum Gasteiger partial charge on any atom is -0.478 e. The van der Waals surface area contributed by atoms with Crippen molar-refractivity contribution >= 4 is 17.6 Å². The lowest BCUT2D eigenvalue weighted by atomic mass is 10.2. The van der Waals surface area contributed by atoms with Crippen LogP contribution in [0.25, 0.3) is 5.69 Å². The Kier molecular flexibility index (Phi) is 2.62. The van der Waals surface area contributed by atoms with E-state index in [1.807, 2.05) is 0 Å². The lowest BCUT2D eigenvalue weighted by Crippen LogP contribution is -2.03. The van der Waals surface area contributed by atoms with Gasteiger partial charge in [0.15, 0.2) is 0 Å².